The number of amides is 1. The van der Waals surface area contributed by atoms with Gasteiger partial charge in [0.15, 0.2) is 17.1 Å². The number of rotatable bonds is 2. The van der Waals surface area contributed by atoms with E-state index in [0.29, 0.717) is 33.8 Å². The second kappa shape index (κ2) is 4.66. The first kappa shape index (κ1) is 12.5. The Morgan fingerprint density at radius 1 is 1.09 bits per heavy atom. The van der Waals surface area contributed by atoms with Gasteiger partial charge in [-0.05, 0) is 36.4 Å². The maximum atomic E-state index is 12.3. The summed E-state index contributed by atoms with van der Waals surface area (Å²) in [6, 6.07) is 9.86. The summed E-state index contributed by atoms with van der Waals surface area (Å²) in [5, 5.41) is 2.75. The average molecular weight is 298 g/mol. The van der Waals surface area contributed by atoms with Gasteiger partial charge in [-0.15, -0.1) is 0 Å². The molecule has 2 aromatic carbocycles. The predicted molar refractivity (Wildman–Crippen MR) is 77.4 cm³/mol. The number of H-pyrrole nitrogens is 1. The van der Waals surface area contributed by atoms with Crippen molar-refractivity contribution in [2.45, 2.75) is 0 Å². The summed E-state index contributed by atoms with van der Waals surface area (Å²) in [5.41, 5.74) is 1.96. The minimum Gasteiger partial charge on any atom is -0.454 e. The van der Waals surface area contributed by atoms with Crippen LogP contribution in [0.3, 0.4) is 0 Å². The predicted octanol–water partition coefficient (Wildman–Crippen LogP) is 2.10. The van der Waals surface area contributed by atoms with Crippen molar-refractivity contribution in [3.8, 4) is 11.5 Å². The maximum Gasteiger partial charge on any atom is 0.417 e. The summed E-state index contributed by atoms with van der Waals surface area (Å²) in [6.07, 6.45) is 0. The van der Waals surface area contributed by atoms with Crippen molar-refractivity contribution in [1.29, 1.82) is 0 Å². The lowest BCUT2D eigenvalue weighted by molar-refractivity contribution is 0.102. The van der Waals surface area contributed by atoms with E-state index in [0.717, 1.165) is 0 Å². The van der Waals surface area contributed by atoms with E-state index in [9.17, 15) is 9.59 Å². The number of fused-ring (bicyclic) bond motifs is 2. The minimum absolute atomic E-state index is 0.158. The first-order valence-corrected chi connectivity index (χ1v) is 6.53. The molecule has 1 amide bonds. The maximum absolute atomic E-state index is 12.3. The van der Waals surface area contributed by atoms with E-state index >= 15 is 0 Å². The number of nitrogens with one attached hydrogen (secondary N) is 2. The highest BCUT2D eigenvalue weighted by atomic mass is 16.7. The number of benzene rings is 2. The van der Waals surface area contributed by atoms with E-state index in [2.05, 4.69) is 10.3 Å². The lowest BCUT2D eigenvalue weighted by Gasteiger charge is -2.06. The largest absolute Gasteiger partial charge is 0.454 e. The number of aromatic amines is 1. The summed E-state index contributed by atoms with van der Waals surface area (Å²) < 4.78 is 15.4. The zero-order valence-corrected chi connectivity index (χ0v) is 11.2. The van der Waals surface area contributed by atoms with Gasteiger partial charge in [-0.25, -0.2) is 4.79 Å². The van der Waals surface area contributed by atoms with Gasteiger partial charge in [-0.1, -0.05) is 0 Å². The van der Waals surface area contributed by atoms with Crippen molar-refractivity contribution in [2.75, 3.05) is 12.1 Å². The third-order valence-corrected chi connectivity index (χ3v) is 3.31. The SMILES string of the molecule is O=C(Nc1ccc2oc(=O)[nH]c2c1)c1ccc2c(c1)OCO2. The van der Waals surface area contributed by atoms with Gasteiger partial charge in [0.2, 0.25) is 6.79 Å². The van der Waals surface area contributed by atoms with Crippen LogP contribution >= 0.6 is 0 Å². The molecule has 110 valence electrons. The van der Waals surface area contributed by atoms with Crippen LogP contribution in [0.25, 0.3) is 11.1 Å². The molecule has 3 aromatic rings. The van der Waals surface area contributed by atoms with Gasteiger partial charge in [0, 0.05) is 11.3 Å². The fourth-order valence-corrected chi connectivity index (χ4v) is 2.27. The second-order valence-corrected chi connectivity index (χ2v) is 4.75. The van der Waals surface area contributed by atoms with Crippen molar-refractivity contribution >= 4 is 22.7 Å². The number of hydrogen-bond acceptors (Lipinski definition) is 5. The van der Waals surface area contributed by atoms with Crippen molar-refractivity contribution < 1.29 is 18.7 Å². The number of anilines is 1. The van der Waals surface area contributed by atoms with Gasteiger partial charge < -0.3 is 19.2 Å². The van der Waals surface area contributed by atoms with Crippen LogP contribution in [0.15, 0.2) is 45.6 Å². The molecule has 7 heteroatoms. The fraction of sp³-hybridized carbons (Fsp3) is 0.0667. The van der Waals surface area contributed by atoms with Gasteiger partial charge in [-0.3, -0.25) is 9.78 Å². The molecular formula is C15H10N2O5. The standard InChI is InChI=1S/C15H10N2O5/c18-14(8-1-3-12-13(5-8)21-7-20-12)16-9-2-4-11-10(6-9)17-15(19)22-11/h1-6H,7H2,(H,16,18)(H,17,19). The Labute approximate surface area is 123 Å². The summed E-state index contributed by atoms with van der Waals surface area (Å²) in [7, 11) is 0. The van der Waals surface area contributed by atoms with Crippen LogP contribution in [0.5, 0.6) is 11.5 Å². The number of ether oxygens (including phenoxy) is 2. The minimum atomic E-state index is -0.533. The fourth-order valence-electron chi connectivity index (χ4n) is 2.27. The van der Waals surface area contributed by atoms with Crippen LogP contribution < -0.4 is 20.5 Å². The molecule has 0 aliphatic carbocycles. The molecule has 1 aromatic heterocycles. The molecule has 1 aliphatic heterocycles. The zero-order chi connectivity index (χ0) is 15.1. The third kappa shape index (κ3) is 2.08. The molecule has 22 heavy (non-hydrogen) atoms. The average Bonchev–Trinajstić information content (AvgIpc) is 3.10. The summed E-state index contributed by atoms with van der Waals surface area (Å²) in [6.45, 7) is 0.158. The lowest BCUT2D eigenvalue weighted by Crippen LogP contribution is -2.11. The number of hydrogen-bond donors (Lipinski definition) is 2. The molecule has 2 N–H and O–H groups in total. The van der Waals surface area contributed by atoms with Gasteiger partial charge in [0.05, 0.1) is 5.52 Å². The van der Waals surface area contributed by atoms with Crippen LogP contribution in [0, 0.1) is 0 Å². The van der Waals surface area contributed by atoms with Gasteiger partial charge in [0.25, 0.3) is 5.91 Å². The first-order valence-electron chi connectivity index (χ1n) is 6.53. The van der Waals surface area contributed by atoms with Crippen molar-refractivity contribution in [1.82, 2.24) is 4.98 Å². The van der Waals surface area contributed by atoms with E-state index in [-0.39, 0.29) is 12.7 Å². The summed E-state index contributed by atoms with van der Waals surface area (Å²) >= 11 is 0. The zero-order valence-electron chi connectivity index (χ0n) is 11.2. The second-order valence-electron chi connectivity index (χ2n) is 4.75. The monoisotopic (exact) mass is 298 g/mol. The molecule has 0 radical (unpaired) electrons. The highest BCUT2D eigenvalue weighted by Gasteiger charge is 2.16. The normalized spacial score (nSPS) is 12.5. The van der Waals surface area contributed by atoms with Crippen LogP contribution in [0.1, 0.15) is 10.4 Å². The Morgan fingerprint density at radius 3 is 2.86 bits per heavy atom. The van der Waals surface area contributed by atoms with Crippen LogP contribution in [-0.2, 0) is 0 Å². The van der Waals surface area contributed by atoms with Crippen molar-refractivity contribution in [3.05, 3.63) is 52.5 Å². The van der Waals surface area contributed by atoms with Crippen LogP contribution in [-0.4, -0.2) is 17.7 Å². The molecule has 4 rings (SSSR count). The third-order valence-electron chi connectivity index (χ3n) is 3.31. The van der Waals surface area contributed by atoms with Crippen LogP contribution in [0.4, 0.5) is 5.69 Å². The summed E-state index contributed by atoms with van der Waals surface area (Å²) in [5.74, 6) is 0.342. The highest BCUT2D eigenvalue weighted by Crippen LogP contribution is 2.32. The Hall–Kier alpha value is -3.22. The lowest BCUT2D eigenvalue weighted by atomic mass is 10.2. The molecule has 0 bridgehead atoms. The molecule has 7 nitrogen and oxygen atoms in total. The topological polar surface area (TPSA) is 93.6 Å². The van der Waals surface area contributed by atoms with Crippen molar-refractivity contribution in [3.63, 3.8) is 0 Å². The molecular weight excluding hydrogens is 288 g/mol. The molecule has 0 saturated carbocycles. The highest BCUT2D eigenvalue weighted by molar-refractivity contribution is 6.05. The number of carbonyl (C=O) groups excluding carboxylic acids is 1. The number of carbonyl (C=O) groups is 1. The number of oxazole rings is 1. The Kier molecular flexibility index (Phi) is 2.65. The smallest absolute Gasteiger partial charge is 0.417 e. The van der Waals surface area contributed by atoms with E-state index in [1.54, 1.807) is 36.4 Å². The van der Waals surface area contributed by atoms with E-state index < -0.39 is 5.76 Å². The molecule has 0 saturated heterocycles. The quantitative estimate of drug-likeness (QED) is 0.755. The molecule has 0 unspecified atom stereocenters. The van der Waals surface area contributed by atoms with Gasteiger partial charge in [0.1, 0.15) is 0 Å². The Bertz CT molecular complexity index is 941. The molecule has 0 spiro atoms. The summed E-state index contributed by atoms with van der Waals surface area (Å²) in [4.78, 5) is 25.9. The molecule has 1 aliphatic rings. The van der Waals surface area contributed by atoms with Gasteiger partial charge in [-0.2, -0.15) is 0 Å². The van der Waals surface area contributed by atoms with Crippen LogP contribution in [0.2, 0.25) is 0 Å². The Morgan fingerprint density at radius 2 is 1.95 bits per heavy atom. The molecule has 0 atom stereocenters. The Balaban J connectivity index is 1.61. The van der Waals surface area contributed by atoms with Crippen molar-refractivity contribution in [2.24, 2.45) is 0 Å². The number of aromatic nitrogens is 1. The molecule has 0 fully saturated rings. The molecule has 2 heterocycles. The van der Waals surface area contributed by atoms with E-state index in [4.69, 9.17) is 13.9 Å². The first-order chi connectivity index (χ1) is 10.7. The van der Waals surface area contributed by atoms with E-state index in [1.807, 2.05) is 0 Å². The van der Waals surface area contributed by atoms with E-state index in [1.165, 1.54) is 0 Å². The van der Waals surface area contributed by atoms with Gasteiger partial charge >= 0.3 is 5.76 Å².